The molecule has 0 spiro atoms. The van der Waals surface area contributed by atoms with Crippen molar-refractivity contribution in [2.75, 3.05) is 13.7 Å². The molecule has 1 aromatic carbocycles. The molecule has 0 fully saturated rings. The molecule has 18 heavy (non-hydrogen) atoms. The van der Waals surface area contributed by atoms with Gasteiger partial charge in [-0.3, -0.25) is 0 Å². The maximum absolute atomic E-state index is 12.8. The zero-order chi connectivity index (χ0) is 13.8. The van der Waals surface area contributed by atoms with Gasteiger partial charge in [0.05, 0.1) is 12.2 Å². The van der Waals surface area contributed by atoms with Crippen LogP contribution in [-0.2, 0) is 15.7 Å². The van der Waals surface area contributed by atoms with E-state index in [9.17, 15) is 18.0 Å². The van der Waals surface area contributed by atoms with Crippen molar-refractivity contribution in [3.63, 3.8) is 0 Å². The van der Waals surface area contributed by atoms with Crippen LogP contribution in [0.25, 0.3) is 0 Å². The molecule has 6 heteroatoms. The Morgan fingerprint density at radius 2 is 2.00 bits per heavy atom. The van der Waals surface area contributed by atoms with Crippen LogP contribution in [0.2, 0.25) is 0 Å². The van der Waals surface area contributed by atoms with Crippen LogP contribution in [0.5, 0.6) is 0 Å². The maximum Gasteiger partial charge on any atom is 0.416 e. The van der Waals surface area contributed by atoms with Crippen LogP contribution in [0, 0.1) is 0 Å². The lowest BCUT2D eigenvalue weighted by atomic mass is 10.00. The Hall–Kier alpha value is -1.56. The van der Waals surface area contributed by atoms with Gasteiger partial charge in [0.25, 0.3) is 0 Å². The number of hydrogen-bond donors (Lipinski definition) is 1. The first-order valence-corrected chi connectivity index (χ1v) is 5.41. The Kier molecular flexibility index (Phi) is 4.72. The Bertz CT molecular complexity index is 418. The molecule has 0 aromatic heterocycles. The number of rotatable bonds is 4. The van der Waals surface area contributed by atoms with Gasteiger partial charge in [0, 0.05) is 0 Å². The zero-order valence-corrected chi connectivity index (χ0v) is 10.0. The van der Waals surface area contributed by atoms with Crippen LogP contribution in [0.4, 0.5) is 13.2 Å². The molecule has 0 bridgehead atoms. The van der Waals surface area contributed by atoms with Gasteiger partial charge in [0.2, 0.25) is 0 Å². The lowest BCUT2D eigenvalue weighted by molar-refractivity contribution is -0.146. The molecule has 0 saturated heterocycles. The molecule has 1 rings (SSSR count). The van der Waals surface area contributed by atoms with Gasteiger partial charge in [0.15, 0.2) is 0 Å². The summed E-state index contributed by atoms with van der Waals surface area (Å²) in [5.41, 5.74) is -0.969. The quantitative estimate of drug-likeness (QED) is 0.846. The maximum atomic E-state index is 12.8. The second-order valence-corrected chi connectivity index (χ2v) is 3.56. The largest absolute Gasteiger partial charge is 0.465 e. The number of ether oxygens (including phenoxy) is 1. The number of carbonyl (C=O) groups excluding carboxylic acids is 1. The molecule has 0 aliphatic carbocycles. The van der Waals surface area contributed by atoms with Crippen LogP contribution in [-0.4, -0.2) is 19.6 Å². The van der Waals surface area contributed by atoms with E-state index in [1.807, 2.05) is 0 Å². The average Bonchev–Trinajstić information content (AvgIpc) is 2.29. The highest BCUT2D eigenvalue weighted by molar-refractivity contribution is 5.78. The minimum atomic E-state index is -4.50. The van der Waals surface area contributed by atoms with Gasteiger partial charge in [-0.05, 0) is 25.6 Å². The van der Waals surface area contributed by atoms with E-state index in [2.05, 4.69) is 5.32 Å². The van der Waals surface area contributed by atoms with Gasteiger partial charge >= 0.3 is 12.1 Å². The first-order valence-electron chi connectivity index (χ1n) is 5.41. The van der Waals surface area contributed by atoms with Gasteiger partial charge in [-0.25, -0.2) is 4.79 Å². The van der Waals surface area contributed by atoms with Crippen molar-refractivity contribution in [3.05, 3.63) is 35.4 Å². The number of hydrogen-bond acceptors (Lipinski definition) is 3. The van der Waals surface area contributed by atoms with Crippen molar-refractivity contribution in [1.29, 1.82) is 0 Å². The molecule has 0 heterocycles. The van der Waals surface area contributed by atoms with Crippen molar-refractivity contribution in [2.45, 2.75) is 19.1 Å². The molecule has 1 atom stereocenters. The number of nitrogens with one attached hydrogen (secondary N) is 1. The molecule has 0 radical (unpaired) electrons. The highest BCUT2D eigenvalue weighted by atomic mass is 19.4. The summed E-state index contributed by atoms with van der Waals surface area (Å²) in [6, 6.07) is 3.82. The second-order valence-electron chi connectivity index (χ2n) is 3.56. The van der Waals surface area contributed by atoms with Gasteiger partial charge in [-0.2, -0.15) is 13.2 Å². The molecule has 3 nitrogen and oxygen atoms in total. The van der Waals surface area contributed by atoms with E-state index in [0.29, 0.717) is 0 Å². The second kappa shape index (κ2) is 5.86. The third kappa shape index (κ3) is 3.22. The van der Waals surface area contributed by atoms with E-state index in [0.717, 1.165) is 6.07 Å². The van der Waals surface area contributed by atoms with Crippen molar-refractivity contribution >= 4 is 5.97 Å². The fourth-order valence-electron chi connectivity index (χ4n) is 1.63. The standard InChI is InChI=1S/C12H14F3NO2/c1-3-18-11(17)10(16-2)8-6-4-5-7-9(8)12(13,14)15/h4-7,10,16H,3H2,1-2H3. The van der Waals surface area contributed by atoms with Gasteiger partial charge in [0.1, 0.15) is 6.04 Å². The molecule has 0 amide bonds. The summed E-state index contributed by atoms with van der Waals surface area (Å²) in [7, 11) is 1.41. The Morgan fingerprint density at radius 1 is 1.39 bits per heavy atom. The molecule has 1 unspecified atom stereocenters. The summed E-state index contributed by atoms with van der Waals surface area (Å²) in [5.74, 6) is -0.725. The summed E-state index contributed by atoms with van der Waals surface area (Å²) >= 11 is 0. The predicted molar refractivity (Wildman–Crippen MR) is 59.9 cm³/mol. The molecule has 100 valence electrons. The highest BCUT2D eigenvalue weighted by Crippen LogP contribution is 2.34. The van der Waals surface area contributed by atoms with Crippen molar-refractivity contribution in [1.82, 2.24) is 5.32 Å². The van der Waals surface area contributed by atoms with E-state index in [4.69, 9.17) is 4.74 Å². The van der Waals surface area contributed by atoms with Crippen LogP contribution in [0.15, 0.2) is 24.3 Å². The normalized spacial score (nSPS) is 13.2. The molecule has 0 saturated carbocycles. The van der Waals surface area contributed by atoms with Crippen LogP contribution < -0.4 is 5.32 Å². The van der Waals surface area contributed by atoms with Gasteiger partial charge in [-0.1, -0.05) is 18.2 Å². The summed E-state index contributed by atoms with van der Waals surface area (Å²) in [5, 5.41) is 2.54. The van der Waals surface area contributed by atoms with E-state index >= 15 is 0 Å². The van der Waals surface area contributed by atoms with E-state index in [1.165, 1.54) is 25.2 Å². The molecular formula is C12H14F3NO2. The molecular weight excluding hydrogens is 247 g/mol. The smallest absolute Gasteiger partial charge is 0.416 e. The van der Waals surface area contributed by atoms with Crippen molar-refractivity contribution in [3.8, 4) is 0 Å². The first kappa shape index (κ1) is 14.5. The summed E-state index contributed by atoms with van der Waals surface area (Å²) < 4.78 is 43.2. The van der Waals surface area contributed by atoms with Crippen molar-refractivity contribution < 1.29 is 22.7 Å². The summed E-state index contributed by atoms with van der Waals surface area (Å²) in [6.07, 6.45) is -4.50. The lowest BCUT2D eigenvalue weighted by Crippen LogP contribution is -2.29. The number of likely N-dealkylation sites (N-methyl/N-ethyl adjacent to an activating group) is 1. The van der Waals surface area contributed by atoms with E-state index in [-0.39, 0.29) is 12.2 Å². The first-order chi connectivity index (χ1) is 8.41. The Balaban J connectivity index is 3.18. The van der Waals surface area contributed by atoms with Crippen LogP contribution in [0.1, 0.15) is 24.1 Å². The third-order valence-corrected chi connectivity index (χ3v) is 2.39. The predicted octanol–water partition coefficient (Wildman–Crippen LogP) is 2.53. The topological polar surface area (TPSA) is 38.3 Å². The fourth-order valence-corrected chi connectivity index (χ4v) is 1.63. The van der Waals surface area contributed by atoms with Crippen LogP contribution in [0.3, 0.4) is 0 Å². The number of benzene rings is 1. The number of carbonyl (C=O) groups is 1. The van der Waals surface area contributed by atoms with E-state index in [1.54, 1.807) is 6.92 Å². The fraction of sp³-hybridized carbons (Fsp3) is 0.417. The lowest BCUT2D eigenvalue weighted by Gasteiger charge is -2.19. The summed E-state index contributed by atoms with van der Waals surface area (Å²) in [4.78, 5) is 11.6. The highest BCUT2D eigenvalue weighted by Gasteiger charge is 2.36. The minimum absolute atomic E-state index is 0.116. The minimum Gasteiger partial charge on any atom is -0.465 e. The zero-order valence-electron chi connectivity index (χ0n) is 10.0. The summed E-state index contributed by atoms with van der Waals surface area (Å²) in [6.45, 7) is 1.71. The monoisotopic (exact) mass is 261 g/mol. The Labute approximate surface area is 103 Å². The molecule has 0 aliphatic heterocycles. The molecule has 1 N–H and O–H groups in total. The van der Waals surface area contributed by atoms with E-state index < -0.39 is 23.8 Å². The number of halogens is 3. The third-order valence-electron chi connectivity index (χ3n) is 2.39. The van der Waals surface area contributed by atoms with Crippen molar-refractivity contribution in [2.24, 2.45) is 0 Å². The number of esters is 1. The molecule has 1 aromatic rings. The average molecular weight is 261 g/mol. The SMILES string of the molecule is CCOC(=O)C(NC)c1ccccc1C(F)(F)F. The molecule has 0 aliphatic rings. The van der Waals surface area contributed by atoms with Crippen LogP contribution >= 0.6 is 0 Å². The van der Waals surface area contributed by atoms with Gasteiger partial charge < -0.3 is 10.1 Å². The Morgan fingerprint density at radius 3 is 2.50 bits per heavy atom. The number of alkyl halides is 3. The van der Waals surface area contributed by atoms with Gasteiger partial charge in [-0.15, -0.1) is 0 Å².